The molecule has 0 fully saturated rings. The number of aromatic nitrogens is 2. The molecule has 0 saturated carbocycles. The summed E-state index contributed by atoms with van der Waals surface area (Å²) in [6, 6.07) is 5.10. The molecule has 2 aromatic heterocycles. The number of aliphatic carboxylic acids is 1. The molecule has 0 amide bonds. The molecule has 0 spiro atoms. The highest BCUT2D eigenvalue weighted by atomic mass is 16.4. The topological polar surface area (TPSA) is 91.9 Å². The monoisotopic (exact) mass is 234 g/mol. The molecular formula is C11H10N2O4. The van der Waals surface area contributed by atoms with Gasteiger partial charge in [-0.3, -0.25) is 9.20 Å². The van der Waals surface area contributed by atoms with Gasteiger partial charge in [0.25, 0.3) is 0 Å². The Kier molecular flexibility index (Phi) is 2.78. The van der Waals surface area contributed by atoms with E-state index in [-0.39, 0.29) is 18.5 Å². The normalized spacial score (nSPS) is 10.6. The van der Waals surface area contributed by atoms with E-state index in [2.05, 4.69) is 4.98 Å². The SMILES string of the molecule is O=C(O)CCc1cccc2ncc(C(=O)O)n12. The van der Waals surface area contributed by atoms with Crippen molar-refractivity contribution in [3.63, 3.8) is 0 Å². The van der Waals surface area contributed by atoms with E-state index in [0.717, 1.165) is 0 Å². The molecule has 0 aliphatic carbocycles. The summed E-state index contributed by atoms with van der Waals surface area (Å²) >= 11 is 0. The van der Waals surface area contributed by atoms with Gasteiger partial charge in [0, 0.05) is 5.69 Å². The molecule has 0 atom stereocenters. The molecule has 6 nitrogen and oxygen atoms in total. The second-order valence-corrected chi connectivity index (χ2v) is 3.55. The van der Waals surface area contributed by atoms with Crippen molar-refractivity contribution in [2.24, 2.45) is 0 Å². The lowest BCUT2D eigenvalue weighted by Gasteiger charge is -2.05. The van der Waals surface area contributed by atoms with E-state index in [1.165, 1.54) is 10.6 Å². The zero-order valence-corrected chi connectivity index (χ0v) is 8.83. The van der Waals surface area contributed by atoms with Gasteiger partial charge in [0.05, 0.1) is 12.6 Å². The van der Waals surface area contributed by atoms with Crippen LogP contribution in [0.25, 0.3) is 5.65 Å². The van der Waals surface area contributed by atoms with Crippen LogP contribution in [0, 0.1) is 0 Å². The number of rotatable bonds is 4. The number of carboxylic acids is 2. The van der Waals surface area contributed by atoms with E-state index in [9.17, 15) is 9.59 Å². The van der Waals surface area contributed by atoms with Gasteiger partial charge in [-0.15, -0.1) is 0 Å². The highest BCUT2D eigenvalue weighted by Gasteiger charge is 2.13. The Labute approximate surface area is 96.1 Å². The van der Waals surface area contributed by atoms with E-state index in [1.807, 2.05) is 0 Å². The third-order valence-corrected chi connectivity index (χ3v) is 2.42. The maximum Gasteiger partial charge on any atom is 0.354 e. The molecule has 17 heavy (non-hydrogen) atoms. The lowest BCUT2D eigenvalue weighted by atomic mass is 10.2. The molecule has 2 rings (SSSR count). The fraction of sp³-hybridized carbons (Fsp3) is 0.182. The van der Waals surface area contributed by atoms with Crippen LogP contribution < -0.4 is 0 Å². The van der Waals surface area contributed by atoms with Crippen molar-refractivity contribution in [2.75, 3.05) is 0 Å². The van der Waals surface area contributed by atoms with Crippen LogP contribution in [0.3, 0.4) is 0 Å². The molecule has 0 aliphatic rings. The first-order valence-corrected chi connectivity index (χ1v) is 5.00. The summed E-state index contributed by atoms with van der Waals surface area (Å²) in [6.45, 7) is 0. The van der Waals surface area contributed by atoms with Crippen LogP contribution in [0.2, 0.25) is 0 Å². The second kappa shape index (κ2) is 4.25. The standard InChI is InChI=1S/C11H10N2O4/c14-10(15)5-4-7-2-1-3-9-12-6-8(11(16)17)13(7)9/h1-3,6H,4-5H2,(H,14,15)(H,16,17). The van der Waals surface area contributed by atoms with Gasteiger partial charge < -0.3 is 10.2 Å². The molecule has 0 bridgehead atoms. The summed E-state index contributed by atoms with van der Waals surface area (Å²) in [7, 11) is 0. The van der Waals surface area contributed by atoms with Gasteiger partial charge in [-0.05, 0) is 18.6 Å². The predicted molar refractivity (Wildman–Crippen MR) is 58.1 cm³/mol. The summed E-state index contributed by atoms with van der Waals surface area (Å²) < 4.78 is 1.46. The molecule has 0 saturated heterocycles. The molecule has 0 aliphatic heterocycles. The van der Waals surface area contributed by atoms with Crippen LogP contribution in [-0.2, 0) is 11.2 Å². The summed E-state index contributed by atoms with van der Waals surface area (Å²) in [4.78, 5) is 25.5. The second-order valence-electron chi connectivity index (χ2n) is 3.55. The molecule has 2 N–H and O–H groups in total. The minimum Gasteiger partial charge on any atom is -0.481 e. The zero-order valence-electron chi connectivity index (χ0n) is 8.83. The number of pyridine rings is 1. The lowest BCUT2D eigenvalue weighted by molar-refractivity contribution is -0.136. The number of imidazole rings is 1. The van der Waals surface area contributed by atoms with Gasteiger partial charge in [-0.2, -0.15) is 0 Å². The van der Waals surface area contributed by atoms with E-state index >= 15 is 0 Å². The summed E-state index contributed by atoms with van der Waals surface area (Å²) in [5, 5.41) is 17.6. The van der Waals surface area contributed by atoms with Gasteiger partial charge in [0.2, 0.25) is 0 Å². The Bertz CT molecular complexity index is 588. The maximum atomic E-state index is 11.0. The van der Waals surface area contributed by atoms with E-state index in [1.54, 1.807) is 18.2 Å². The van der Waals surface area contributed by atoms with E-state index < -0.39 is 11.9 Å². The molecule has 0 unspecified atom stereocenters. The lowest BCUT2D eigenvalue weighted by Crippen LogP contribution is -2.07. The van der Waals surface area contributed by atoms with Crippen molar-refractivity contribution in [2.45, 2.75) is 12.8 Å². The molecule has 2 heterocycles. The van der Waals surface area contributed by atoms with E-state index in [0.29, 0.717) is 11.3 Å². The van der Waals surface area contributed by atoms with Crippen LogP contribution in [-0.4, -0.2) is 31.5 Å². The number of aromatic carboxylic acids is 1. The number of nitrogens with zero attached hydrogens (tertiary/aromatic N) is 2. The molecule has 88 valence electrons. The summed E-state index contributed by atoms with van der Waals surface area (Å²) in [5.41, 5.74) is 1.17. The number of fused-ring (bicyclic) bond motifs is 1. The number of hydrogen-bond donors (Lipinski definition) is 2. The number of carboxylic acid groups (broad SMARTS) is 2. The van der Waals surface area contributed by atoms with Crippen molar-refractivity contribution < 1.29 is 19.8 Å². The van der Waals surface area contributed by atoms with E-state index in [4.69, 9.17) is 10.2 Å². The number of aryl methyl sites for hydroxylation is 1. The molecule has 0 radical (unpaired) electrons. The first-order valence-electron chi connectivity index (χ1n) is 5.00. The summed E-state index contributed by atoms with van der Waals surface area (Å²) in [5.74, 6) is -2.00. The molecule has 0 aromatic carbocycles. The first-order chi connectivity index (χ1) is 8.09. The van der Waals surface area contributed by atoms with Gasteiger partial charge in [0.1, 0.15) is 5.65 Å². The van der Waals surface area contributed by atoms with Crippen LogP contribution >= 0.6 is 0 Å². The maximum absolute atomic E-state index is 11.0. The third kappa shape index (κ3) is 2.10. The fourth-order valence-electron chi connectivity index (χ4n) is 1.69. The highest BCUT2D eigenvalue weighted by Crippen LogP contribution is 2.12. The predicted octanol–water partition coefficient (Wildman–Crippen LogP) is 1.05. The number of hydrogen-bond acceptors (Lipinski definition) is 3. The largest absolute Gasteiger partial charge is 0.481 e. The van der Waals surface area contributed by atoms with Crippen LogP contribution in [0.15, 0.2) is 24.4 Å². The van der Waals surface area contributed by atoms with Gasteiger partial charge in [-0.25, -0.2) is 9.78 Å². The highest BCUT2D eigenvalue weighted by molar-refractivity contribution is 5.86. The molecular weight excluding hydrogens is 224 g/mol. The smallest absolute Gasteiger partial charge is 0.354 e. The minimum atomic E-state index is -1.08. The summed E-state index contributed by atoms with van der Waals surface area (Å²) in [6.07, 6.45) is 1.49. The average molecular weight is 234 g/mol. The Hall–Kier alpha value is -2.37. The van der Waals surface area contributed by atoms with Crippen LogP contribution in [0.1, 0.15) is 22.6 Å². The average Bonchev–Trinajstić information content (AvgIpc) is 2.70. The molecule has 6 heteroatoms. The van der Waals surface area contributed by atoms with Crippen LogP contribution in [0.5, 0.6) is 0 Å². The van der Waals surface area contributed by atoms with Gasteiger partial charge >= 0.3 is 11.9 Å². The Balaban J connectivity index is 2.50. The van der Waals surface area contributed by atoms with Crippen molar-refractivity contribution in [1.82, 2.24) is 9.38 Å². The van der Waals surface area contributed by atoms with Crippen molar-refractivity contribution in [3.05, 3.63) is 35.8 Å². The Morgan fingerprint density at radius 3 is 2.71 bits per heavy atom. The van der Waals surface area contributed by atoms with Crippen molar-refractivity contribution >= 4 is 17.6 Å². The Morgan fingerprint density at radius 1 is 1.29 bits per heavy atom. The number of carbonyl (C=O) groups is 2. The van der Waals surface area contributed by atoms with Crippen LogP contribution in [0.4, 0.5) is 0 Å². The molecule has 2 aromatic rings. The fourth-order valence-corrected chi connectivity index (χ4v) is 1.69. The zero-order chi connectivity index (χ0) is 12.4. The third-order valence-electron chi connectivity index (χ3n) is 2.42. The Morgan fingerprint density at radius 2 is 2.06 bits per heavy atom. The van der Waals surface area contributed by atoms with Gasteiger partial charge in [-0.1, -0.05) is 6.07 Å². The quantitative estimate of drug-likeness (QED) is 0.824. The van der Waals surface area contributed by atoms with Crippen molar-refractivity contribution in [1.29, 1.82) is 0 Å². The van der Waals surface area contributed by atoms with Crippen molar-refractivity contribution in [3.8, 4) is 0 Å². The van der Waals surface area contributed by atoms with Gasteiger partial charge in [0.15, 0.2) is 5.69 Å². The first kappa shape index (κ1) is 11.1. The minimum absolute atomic E-state index is 0.0426.